The summed E-state index contributed by atoms with van der Waals surface area (Å²) in [4.78, 5) is 22.7. The zero-order chi connectivity index (χ0) is 25.9. The third kappa shape index (κ3) is 3.84. The monoisotopic (exact) mass is 511 g/mol. The number of carbonyl (C=O) groups is 1. The maximum atomic E-state index is 13.6. The number of halogens is 3. The van der Waals surface area contributed by atoms with Gasteiger partial charge in [-0.2, -0.15) is 14.9 Å². The summed E-state index contributed by atoms with van der Waals surface area (Å²) in [6, 6.07) is 6.34. The van der Waals surface area contributed by atoms with Gasteiger partial charge in [0.15, 0.2) is 0 Å². The van der Waals surface area contributed by atoms with E-state index in [1.165, 1.54) is 4.90 Å². The van der Waals surface area contributed by atoms with Crippen molar-refractivity contribution in [1.29, 1.82) is 0 Å². The Kier molecular flexibility index (Phi) is 5.14. The first-order valence-electron chi connectivity index (χ1n) is 11.5. The number of carbonyl (C=O) groups excluding carboxylic acids is 1. The normalized spacial score (nSPS) is 16.1. The van der Waals surface area contributed by atoms with Crippen LogP contribution in [0, 0.1) is 0 Å². The standard InChI is InChI=1S/C23H20F3N9O2/c1-12(2)13-4-3-7-34-17(13)10-16(31-34)19-18-14(27-11-28-18)5-8-33(19)22(36)21-30-29-20(37-21)15-6-9-35(32-15)23(24,25)26/h3-4,6-7,9-12,19H,5,8H2,1-2H3,(H,27,28)/t19-/m1/s1. The molecule has 0 fully saturated rings. The summed E-state index contributed by atoms with van der Waals surface area (Å²) in [5.74, 6) is -0.994. The number of fused-ring (bicyclic) bond motifs is 2. The van der Waals surface area contributed by atoms with E-state index in [0.717, 1.165) is 29.0 Å². The van der Waals surface area contributed by atoms with E-state index in [4.69, 9.17) is 9.52 Å². The van der Waals surface area contributed by atoms with Crippen LogP contribution in [0.25, 0.3) is 17.1 Å². The molecule has 1 atom stereocenters. The Balaban J connectivity index is 1.37. The Morgan fingerprint density at radius 2 is 2.03 bits per heavy atom. The minimum absolute atomic E-state index is 0.178. The lowest BCUT2D eigenvalue weighted by atomic mass is 9.98. The van der Waals surface area contributed by atoms with E-state index in [0.29, 0.717) is 24.4 Å². The molecule has 37 heavy (non-hydrogen) atoms. The number of imidazole rings is 1. The average molecular weight is 511 g/mol. The van der Waals surface area contributed by atoms with Crippen molar-refractivity contribution in [3.8, 4) is 11.6 Å². The third-order valence-electron chi connectivity index (χ3n) is 6.32. The SMILES string of the molecule is CC(C)c1cccn2nc([C@@H]3c4nc[nH]c4CCN3C(=O)c3nnc(-c4ccn(C(F)(F)F)n4)o3)cc12. The lowest BCUT2D eigenvalue weighted by molar-refractivity contribution is -0.212. The number of amides is 1. The maximum absolute atomic E-state index is 13.6. The second kappa shape index (κ2) is 8.28. The van der Waals surface area contributed by atoms with Crippen LogP contribution in [-0.2, 0) is 12.7 Å². The lowest BCUT2D eigenvalue weighted by Crippen LogP contribution is -2.41. The van der Waals surface area contributed by atoms with E-state index in [1.54, 1.807) is 10.8 Å². The van der Waals surface area contributed by atoms with Gasteiger partial charge in [0.2, 0.25) is 0 Å². The Hall–Kier alpha value is -4.49. The van der Waals surface area contributed by atoms with Crippen LogP contribution in [0.4, 0.5) is 13.2 Å². The first-order chi connectivity index (χ1) is 17.7. The Labute approximate surface area is 206 Å². The number of rotatable bonds is 4. The molecular weight excluding hydrogens is 491 g/mol. The summed E-state index contributed by atoms with van der Waals surface area (Å²) in [5, 5.41) is 15.7. The van der Waals surface area contributed by atoms with Crippen LogP contribution in [-0.4, -0.2) is 56.9 Å². The molecular formula is C23H20F3N9O2. The van der Waals surface area contributed by atoms with Crippen LogP contribution < -0.4 is 0 Å². The number of alkyl halides is 3. The van der Waals surface area contributed by atoms with Crippen LogP contribution in [0.3, 0.4) is 0 Å². The Morgan fingerprint density at radius 1 is 1.19 bits per heavy atom. The molecule has 0 saturated heterocycles. The molecule has 0 aromatic carbocycles. The predicted octanol–water partition coefficient (Wildman–Crippen LogP) is 3.69. The molecule has 190 valence electrons. The minimum atomic E-state index is -4.69. The highest BCUT2D eigenvalue weighted by Gasteiger charge is 2.38. The van der Waals surface area contributed by atoms with E-state index < -0.39 is 18.2 Å². The topological polar surface area (TPSA) is 123 Å². The average Bonchev–Trinajstić information content (AvgIpc) is 3.66. The minimum Gasteiger partial charge on any atom is -0.411 e. The molecule has 1 aliphatic rings. The Morgan fingerprint density at radius 3 is 2.78 bits per heavy atom. The summed E-state index contributed by atoms with van der Waals surface area (Å²) in [6.45, 7) is 4.49. The van der Waals surface area contributed by atoms with Gasteiger partial charge in [-0.3, -0.25) is 4.79 Å². The van der Waals surface area contributed by atoms with Gasteiger partial charge in [0.1, 0.15) is 11.7 Å². The van der Waals surface area contributed by atoms with Crippen molar-refractivity contribution >= 4 is 11.4 Å². The first-order valence-corrected chi connectivity index (χ1v) is 11.5. The van der Waals surface area contributed by atoms with Gasteiger partial charge in [-0.15, -0.1) is 23.4 Å². The van der Waals surface area contributed by atoms with Gasteiger partial charge in [-0.05, 0) is 29.7 Å². The van der Waals surface area contributed by atoms with Crippen LogP contribution in [0.1, 0.15) is 59.1 Å². The summed E-state index contributed by atoms with van der Waals surface area (Å²) >= 11 is 0. The summed E-state index contributed by atoms with van der Waals surface area (Å²) in [6.07, 6.45) is -0.0319. The first kappa shape index (κ1) is 22.9. The number of nitrogens with one attached hydrogen (secondary N) is 1. The van der Waals surface area contributed by atoms with Crippen LogP contribution in [0.2, 0.25) is 0 Å². The smallest absolute Gasteiger partial charge is 0.411 e. The molecule has 6 rings (SSSR count). The fourth-order valence-electron chi connectivity index (χ4n) is 4.59. The molecule has 11 nitrogen and oxygen atoms in total. The molecule has 1 aliphatic heterocycles. The molecule has 5 aromatic heterocycles. The molecule has 0 unspecified atom stereocenters. The van der Waals surface area contributed by atoms with Gasteiger partial charge in [-0.1, -0.05) is 19.9 Å². The largest absolute Gasteiger partial charge is 0.504 e. The maximum Gasteiger partial charge on any atom is 0.504 e. The van der Waals surface area contributed by atoms with Crippen LogP contribution >= 0.6 is 0 Å². The van der Waals surface area contributed by atoms with E-state index in [-0.39, 0.29) is 28.1 Å². The van der Waals surface area contributed by atoms with Gasteiger partial charge in [-0.25, -0.2) is 9.50 Å². The highest BCUT2D eigenvalue weighted by molar-refractivity contribution is 5.90. The molecule has 14 heteroatoms. The zero-order valence-corrected chi connectivity index (χ0v) is 19.6. The van der Waals surface area contributed by atoms with Gasteiger partial charge in [0.05, 0.1) is 23.2 Å². The van der Waals surface area contributed by atoms with E-state index in [2.05, 4.69) is 39.1 Å². The van der Waals surface area contributed by atoms with E-state index in [9.17, 15) is 18.0 Å². The van der Waals surface area contributed by atoms with Crippen LogP contribution in [0.15, 0.2) is 47.4 Å². The summed E-state index contributed by atoms with van der Waals surface area (Å²) in [7, 11) is 0. The van der Waals surface area contributed by atoms with Crippen molar-refractivity contribution in [3.63, 3.8) is 0 Å². The van der Waals surface area contributed by atoms with Crippen molar-refractivity contribution in [3.05, 3.63) is 71.5 Å². The van der Waals surface area contributed by atoms with Crippen molar-refractivity contribution in [2.75, 3.05) is 6.54 Å². The van der Waals surface area contributed by atoms with Crippen molar-refractivity contribution < 1.29 is 22.4 Å². The summed E-state index contributed by atoms with van der Waals surface area (Å²) < 4.78 is 45.7. The third-order valence-corrected chi connectivity index (χ3v) is 6.32. The second-order valence-electron chi connectivity index (χ2n) is 8.96. The number of H-pyrrole nitrogens is 1. The van der Waals surface area contributed by atoms with Gasteiger partial charge in [0, 0.05) is 31.1 Å². The van der Waals surface area contributed by atoms with Crippen molar-refractivity contribution in [1.82, 2.24) is 44.5 Å². The van der Waals surface area contributed by atoms with Crippen LogP contribution in [0.5, 0.6) is 0 Å². The number of nitrogens with zero attached hydrogens (tertiary/aromatic N) is 8. The molecule has 0 bridgehead atoms. The molecule has 6 heterocycles. The molecule has 0 radical (unpaired) electrons. The number of aromatic nitrogens is 8. The number of pyridine rings is 1. The molecule has 1 amide bonds. The number of aromatic amines is 1. The fraction of sp³-hybridized carbons (Fsp3) is 0.304. The molecule has 0 spiro atoms. The Bertz CT molecular complexity index is 1610. The second-order valence-corrected chi connectivity index (χ2v) is 8.96. The van der Waals surface area contributed by atoms with E-state index >= 15 is 0 Å². The summed E-state index contributed by atoms with van der Waals surface area (Å²) in [5.41, 5.74) is 3.98. The number of hydrogen-bond acceptors (Lipinski definition) is 7. The van der Waals surface area contributed by atoms with Crippen molar-refractivity contribution in [2.45, 2.75) is 38.5 Å². The van der Waals surface area contributed by atoms with Gasteiger partial charge < -0.3 is 14.3 Å². The molecule has 1 N–H and O–H groups in total. The quantitative estimate of drug-likeness (QED) is 0.390. The highest BCUT2D eigenvalue weighted by atomic mass is 19.4. The molecule has 0 aliphatic carbocycles. The molecule has 5 aromatic rings. The molecule has 0 saturated carbocycles. The van der Waals surface area contributed by atoms with Crippen molar-refractivity contribution in [2.24, 2.45) is 0 Å². The van der Waals surface area contributed by atoms with Gasteiger partial charge in [0.25, 0.3) is 5.89 Å². The fourth-order valence-corrected chi connectivity index (χ4v) is 4.59. The number of hydrogen-bond donors (Lipinski definition) is 1. The van der Waals surface area contributed by atoms with E-state index in [1.807, 2.05) is 24.4 Å². The highest BCUT2D eigenvalue weighted by Crippen LogP contribution is 2.35. The zero-order valence-electron chi connectivity index (χ0n) is 19.6. The lowest BCUT2D eigenvalue weighted by Gasteiger charge is -2.32. The van der Waals surface area contributed by atoms with Gasteiger partial charge >= 0.3 is 18.1 Å². The predicted molar refractivity (Wildman–Crippen MR) is 121 cm³/mol.